The fourth-order valence-electron chi connectivity index (χ4n) is 2.21. The van der Waals surface area contributed by atoms with E-state index >= 15 is 0 Å². The molecule has 0 saturated carbocycles. The molecule has 3 rings (SSSR count). The van der Waals surface area contributed by atoms with Gasteiger partial charge >= 0.3 is 0 Å². The van der Waals surface area contributed by atoms with Gasteiger partial charge in [0.25, 0.3) is 0 Å². The van der Waals surface area contributed by atoms with Crippen LogP contribution in [0.1, 0.15) is 6.92 Å². The second kappa shape index (κ2) is 4.20. The molecule has 0 bridgehead atoms. The van der Waals surface area contributed by atoms with E-state index in [1.165, 1.54) is 6.92 Å². The molecule has 0 atom stereocenters. The first-order chi connectivity index (χ1) is 9.09. The van der Waals surface area contributed by atoms with Crippen LogP contribution < -0.4 is 16.4 Å². The number of hydrogen-bond donors (Lipinski definition) is 2. The first kappa shape index (κ1) is 11.9. The Hall–Kier alpha value is -2.14. The standard InChI is InChI=1S/C14H13N3OS/c1-8(18)17-10-4-2-3-5-11(10)19-12-7-6-9(15)13(16)14(12)17/h2-7H,15-16H2,1H3. The number of nitrogens with two attached hydrogens (primary N) is 2. The Balaban J connectivity index is 2.30. The second-order valence-electron chi connectivity index (χ2n) is 4.34. The van der Waals surface area contributed by atoms with E-state index in [9.17, 15) is 4.79 Å². The largest absolute Gasteiger partial charge is 0.397 e. The summed E-state index contributed by atoms with van der Waals surface area (Å²) in [6.07, 6.45) is 0. The summed E-state index contributed by atoms with van der Waals surface area (Å²) >= 11 is 1.60. The molecule has 2 aromatic rings. The van der Waals surface area contributed by atoms with Crippen LogP contribution in [0.25, 0.3) is 0 Å². The Kier molecular flexibility index (Phi) is 2.64. The van der Waals surface area contributed by atoms with Crippen molar-refractivity contribution in [3.05, 3.63) is 36.4 Å². The first-order valence-corrected chi connectivity index (χ1v) is 6.67. The van der Waals surface area contributed by atoms with Crippen molar-refractivity contribution < 1.29 is 4.79 Å². The number of carbonyl (C=O) groups is 1. The molecule has 0 aromatic heterocycles. The van der Waals surface area contributed by atoms with Crippen LogP contribution in [0.4, 0.5) is 22.7 Å². The Labute approximate surface area is 115 Å². The monoisotopic (exact) mass is 271 g/mol. The zero-order chi connectivity index (χ0) is 13.6. The van der Waals surface area contributed by atoms with E-state index in [0.717, 1.165) is 15.5 Å². The highest BCUT2D eigenvalue weighted by Crippen LogP contribution is 2.51. The summed E-state index contributed by atoms with van der Waals surface area (Å²) in [7, 11) is 0. The maximum Gasteiger partial charge on any atom is 0.228 e. The lowest BCUT2D eigenvalue weighted by Crippen LogP contribution is -2.27. The van der Waals surface area contributed by atoms with Gasteiger partial charge in [0.2, 0.25) is 5.91 Å². The zero-order valence-electron chi connectivity index (χ0n) is 10.4. The molecule has 2 aromatic carbocycles. The average Bonchev–Trinajstić information content (AvgIpc) is 2.40. The van der Waals surface area contributed by atoms with Crippen molar-refractivity contribution in [2.24, 2.45) is 0 Å². The third kappa shape index (κ3) is 1.74. The van der Waals surface area contributed by atoms with E-state index in [1.807, 2.05) is 30.3 Å². The van der Waals surface area contributed by atoms with Crippen molar-refractivity contribution in [1.29, 1.82) is 0 Å². The molecule has 1 aliphatic heterocycles. The fourth-order valence-corrected chi connectivity index (χ4v) is 3.29. The van der Waals surface area contributed by atoms with Crippen LogP contribution in [0.5, 0.6) is 0 Å². The maximum absolute atomic E-state index is 12.0. The van der Waals surface area contributed by atoms with E-state index in [0.29, 0.717) is 17.1 Å². The van der Waals surface area contributed by atoms with Crippen molar-refractivity contribution in [1.82, 2.24) is 0 Å². The number of nitrogen functional groups attached to an aromatic ring is 2. The van der Waals surface area contributed by atoms with Gasteiger partial charge in [-0.1, -0.05) is 23.9 Å². The molecular formula is C14H13N3OS. The lowest BCUT2D eigenvalue weighted by atomic mass is 10.1. The van der Waals surface area contributed by atoms with E-state index in [2.05, 4.69) is 0 Å². The number of nitrogens with zero attached hydrogens (tertiary/aromatic N) is 1. The Morgan fingerprint density at radius 1 is 1.11 bits per heavy atom. The van der Waals surface area contributed by atoms with Crippen LogP contribution in [0.3, 0.4) is 0 Å². The molecule has 0 unspecified atom stereocenters. The van der Waals surface area contributed by atoms with E-state index in [-0.39, 0.29) is 5.91 Å². The van der Waals surface area contributed by atoms with Gasteiger partial charge in [-0.25, -0.2) is 0 Å². The molecule has 0 saturated heterocycles. The number of hydrogen-bond acceptors (Lipinski definition) is 4. The lowest BCUT2D eigenvalue weighted by Gasteiger charge is -2.31. The first-order valence-electron chi connectivity index (χ1n) is 5.85. The lowest BCUT2D eigenvalue weighted by molar-refractivity contribution is -0.115. The summed E-state index contributed by atoms with van der Waals surface area (Å²) in [4.78, 5) is 15.6. The molecular weight excluding hydrogens is 258 g/mol. The van der Waals surface area contributed by atoms with Gasteiger partial charge < -0.3 is 11.5 Å². The maximum atomic E-state index is 12.0. The topological polar surface area (TPSA) is 72.3 Å². The summed E-state index contributed by atoms with van der Waals surface area (Å²) in [5, 5.41) is 0. The molecule has 0 aliphatic carbocycles. The van der Waals surface area contributed by atoms with Crippen LogP contribution >= 0.6 is 11.8 Å². The van der Waals surface area contributed by atoms with Crippen molar-refractivity contribution >= 4 is 40.4 Å². The van der Waals surface area contributed by atoms with E-state index in [4.69, 9.17) is 11.5 Å². The molecule has 0 spiro atoms. The summed E-state index contributed by atoms with van der Waals surface area (Å²) in [5.41, 5.74) is 14.4. The molecule has 4 N–H and O–H groups in total. The van der Waals surface area contributed by atoms with Crippen molar-refractivity contribution in [3.63, 3.8) is 0 Å². The van der Waals surface area contributed by atoms with Gasteiger partial charge in [-0.15, -0.1) is 0 Å². The van der Waals surface area contributed by atoms with Crippen LogP contribution in [0.2, 0.25) is 0 Å². The van der Waals surface area contributed by atoms with Gasteiger partial charge in [-0.05, 0) is 24.3 Å². The van der Waals surface area contributed by atoms with Gasteiger partial charge in [-0.2, -0.15) is 0 Å². The van der Waals surface area contributed by atoms with E-state index < -0.39 is 0 Å². The molecule has 0 radical (unpaired) electrons. The third-order valence-corrected chi connectivity index (χ3v) is 4.19. The molecule has 0 fully saturated rings. The summed E-state index contributed by atoms with van der Waals surface area (Å²) < 4.78 is 0. The van der Waals surface area contributed by atoms with Gasteiger partial charge in [0.05, 0.1) is 22.7 Å². The minimum atomic E-state index is -0.0775. The minimum Gasteiger partial charge on any atom is -0.397 e. The average molecular weight is 271 g/mol. The van der Waals surface area contributed by atoms with Crippen LogP contribution in [-0.4, -0.2) is 5.91 Å². The van der Waals surface area contributed by atoms with Crippen molar-refractivity contribution in [3.8, 4) is 0 Å². The Morgan fingerprint density at radius 2 is 1.84 bits per heavy atom. The molecule has 19 heavy (non-hydrogen) atoms. The number of anilines is 4. The minimum absolute atomic E-state index is 0.0775. The van der Waals surface area contributed by atoms with Crippen molar-refractivity contribution in [2.45, 2.75) is 16.7 Å². The van der Waals surface area contributed by atoms with Crippen LogP contribution in [-0.2, 0) is 4.79 Å². The molecule has 1 heterocycles. The van der Waals surface area contributed by atoms with Gasteiger partial charge in [0, 0.05) is 16.7 Å². The number of benzene rings is 2. The highest BCUT2D eigenvalue weighted by Gasteiger charge is 2.28. The normalized spacial score (nSPS) is 12.8. The number of rotatable bonds is 0. The molecule has 1 amide bonds. The molecule has 4 nitrogen and oxygen atoms in total. The number of fused-ring (bicyclic) bond motifs is 2. The molecule has 1 aliphatic rings. The third-order valence-electron chi connectivity index (χ3n) is 3.08. The van der Waals surface area contributed by atoms with Crippen LogP contribution in [0, 0.1) is 0 Å². The second-order valence-corrected chi connectivity index (χ2v) is 5.42. The van der Waals surface area contributed by atoms with Gasteiger partial charge in [-0.3, -0.25) is 9.69 Å². The van der Waals surface area contributed by atoms with E-state index in [1.54, 1.807) is 22.7 Å². The molecule has 96 valence electrons. The van der Waals surface area contributed by atoms with Gasteiger partial charge in [0.15, 0.2) is 0 Å². The summed E-state index contributed by atoms with van der Waals surface area (Å²) in [6.45, 7) is 1.53. The Morgan fingerprint density at radius 3 is 2.58 bits per heavy atom. The van der Waals surface area contributed by atoms with Gasteiger partial charge in [0.1, 0.15) is 0 Å². The fraction of sp³-hybridized carbons (Fsp3) is 0.0714. The number of amides is 1. The van der Waals surface area contributed by atoms with Crippen molar-refractivity contribution in [2.75, 3.05) is 16.4 Å². The van der Waals surface area contributed by atoms with Crippen LogP contribution in [0.15, 0.2) is 46.2 Å². The quantitative estimate of drug-likeness (QED) is 0.722. The summed E-state index contributed by atoms with van der Waals surface area (Å²) in [5.74, 6) is -0.0775. The SMILES string of the molecule is CC(=O)N1c2ccccc2Sc2ccc(N)c(N)c21. The Bertz CT molecular complexity index is 684. The number of para-hydroxylation sites is 1. The predicted molar refractivity (Wildman–Crippen MR) is 78.7 cm³/mol. The zero-order valence-corrected chi connectivity index (χ0v) is 11.2. The number of carbonyl (C=O) groups excluding carboxylic acids is 1. The molecule has 5 heteroatoms. The summed E-state index contributed by atoms with van der Waals surface area (Å²) in [6, 6.07) is 11.4. The predicted octanol–water partition coefficient (Wildman–Crippen LogP) is 3.00. The highest BCUT2D eigenvalue weighted by atomic mass is 32.2. The highest BCUT2D eigenvalue weighted by molar-refractivity contribution is 7.99. The smallest absolute Gasteiger partial charge is 0.228 e.